The van der Waals surface area contributed by atoms with Gasteiger partial charge >= 0.3 is 11.9 Å². The monoisotopic (exact) mass is 284 g/mol. The fourth-order valence-electron chi connectivity index (χ4n) is 2.91. The van der Waals surface area contributed by atoms with Crippen molar-refractivity contribution in [3.63, 3.8) is 0 Å². The Morgan fingerprint density at radius 3 is 2.50 bits per heavy atom. The first-order valence-corrected chi connectivity index (χ1v) is 7.68. The first kappa shape index (κ1) is 17.0. The minimum atomic E-state index is -0.261. The lowest BCUT2D eigenvalue weighted by atomic mass is 9.68. The maximum atomic E-state index is 12.0. The molecule has 0 spiro atoms. The topological polar surface area (TPSA) is 52.6 Å². The zero-order chi connectivity index (χ0) is 15.2. The minimum absolute atomic E-state index is 0.0727. The Kier molecular flexibility index (Phi) is 6.50. The van der Waals surface area contributed by atoms with E-state index in [1.54, 1.807) is 6.92 Å². The standard InChI is InChI=1S/C16H28O4/c1-5-14(17)19-9-10-20-15(18)12(2)13-7-6-8-16(3,4)11-13/h12-13H,5-11H2,1-4H3/t12-,13+/m0/s1. The summed E-state index contributed by atoms with van der Waals surface area (Å²) in [5.74, 6) is -0.0933. The summed E-state index contributed by atoms with van der Waals surface area (Å²) in [6.07, 6.45) is 4.95. The molecule has 4 nitrogen and oxygen atoms in total. The van der Waals surface area contributed by atoms with Crippen molar-refractivity contribution in [1.29, 1.82) is 0 Å². The van der Waals surface area contributed by atoms with Gasteiger partial charge in [-0.1, -0.05) is 34.1 Å². The number of rotatable bonds is 6. The fourth-order valence-corrected chi connectivity index (χ4v) is 2.91. The fraction of sp³-hybridized carbons (Fsp3) is 0.875. The van der Waals surface area contributed by atoms with Crippen LogP contribution in [0.2, 0.25) is 0 Å². The van der Waals surface area contributed by atoms with E-state index < -0.39 is 0 Å². The van der Waals surface area contributed by atoms with Crippen LogP contribution in [-0.4, -0.2) is 25.2 Å². The molecule has 0 amide bonds. The lowest BCUT2D eigenvalue weighted by molar-refractivity contribution is -0.156. The molecule has 1 aliphatic rings. The predicted octanol–water partition coefficient (Wildman–Crippen LogP) is 3.34. The molecule has 4 heteroatoms. The van der Waals surface area contributed by atoms with Crippen molar-refractivity contribution in [3.8, 4) is 0 Å². The van der Waals surface area contributed by atoms with Gasteiger partial charge < -0.3 is 9.47 Å². The van der Waals surface area contributed by atoms with E-state index in [9.17, 15) is 9.59 Å². The Labute approximate surface area is 122 Å². The lowest BCUT2D eigenvalue weighted by Crippen LogP contribution is -2.31. The molecule has 0 radical (unpaired) electrons. The molecular formula is C16H28O4. The van der Waals surface area contributed by atoms with Gasteiger partial charge in [0.2, 0.25) is 0 Å². The van der Waals surface area contributed by atoms with Crippen LogP contribution < -0.4 is 0 Å². The number of esters is 2. The van der Waals surface area contributed by atoms with Gasteiger partial charge in [0.15, 0.2) is 0 Å². The third kappa shape index (κ3) is 5.51. The van der Waals surface area contributed by atoms with Gasteiger partial charge in [-0.3, -0.25) is 9.59 Å². The highest BCUT2D eigenvalue weighted by Crippen LogP contribution is 2.41. The van der Waals surface area contributed by atoms with Gasteiger partial charge in [0.05, 0.1) is 5.92 Å². The molecule has 0 aromatic heterocycles. The van der Waals surface area contributed by atoms with Gasteiger partial charge in [0, 0.05) is 6.42 Å². The first-order valence-electron chi connectivity index (χ1n) is 7.68. The van der Waals surface area contributed by atoms with Crippen molar-refractivity contribution in [2.24, 2.45) is 17.3 Å². The summed E-state index contributed by atoms with van der Waals surface area (Å²) in [5.41, 5.74) is 0.327. The van der Waals surface area contributed by atoms with Gasteiger partial charge in [-0.15, -0.1) is 0 Å². The molecular weight excluding hydrogens is 256 g/mol. The van der Waals surface area contributed by atoms with Crippen molar-refractivity contribution in [2.45, 2.75) is 59.8 Å². The zero-order valence-corrected chi connectivity index (χ0v) is 13.2. The van der Waals surface area contributed by atoms with E-state index in [0.29, 0.717) is 17.8 Å². The van der Waals surface area contributed by atoms with Crippen molar-refractivity contribution >= 4 is 11.9 Å². The molecule has 0 N–H and O–H groups in total. The van der Waals surface area contributed by atoms with Gasteiger partial charge in [0.1, 0.15) is 13.2 Å². The molecule has 1 aliphatic carbocycles. The third-order valence-electron chi connectivity index (χ3n) is 4.20. The molecule has 0 heterocycles. The molecule has 1 saturated carbocycles. The molecule has 1 rings (SSSR count). The summed E-state index contributed by atoms with van der Waals surface area (Å²) in [7, 11) is 0. The summed E-state index contributed by atoms with van der Waals surface area (Å²) in [5, 5.41) is 0. The van der Waals surface area contributed by atoms with Crippen LogP contribution in [0.4, 0.5) is 0 Å². The van der Waals surface area contributed by atoms with E-state index in [1.165, 1.54) is 12.8 Å². The minimum Gasteiger partial charge on any atom is -0.462 e. The van der Waals surface area contributed by atoms with E-state index >= 15 is 0 Å². The average molecular weight is 284 g/mol. The highest BCUT2D eigenvalue weighted by molar-refractivity contribution is 5.72. The van der Waals surface area contributed by atoms with E-state index in [2.05, 4.69) is 13.8 Å². The van der Waals surface area contributed by atoms with Crippen molar-refractivity contribution < 1.29 is 19.1 Å². The second kappa shape index (κ2) is 7.65. The van der Waals surface area contributed by atoms with Crippen LogP contribution in [0.15, 0.2) is 0 Å². The molecule has 1 fully saturated rings. The molecule has 2 atom stereocenters. The molecule has 0 aromatic rings. The summed E-state index contributed by atoms with van der Waals surface area (Å²) in [6, 6.07) is 0. The van der Waals surface area contributed by atoms with Gasteiger partial charge in [0.25, 0.3) is 0 Å². The van der Waals surface area contributed by atoms with Gasteiger partial charge in [-0.25, -0.2) is 0 Å². The Bertz CT molecular complexity index is 335. The van der Waals surface area contributed by atoms with Crippen LogP contribution in [0.3, 0.4) is 0 Å². The maximum Gasteiger partial charge on any atom is 0.309 e. The normalized spacial score (nSPS) is 22.9. The SMILES string of the molecule is CCC(=O)OCCOC(=O)[C@@H](C)[C@@H]1CCCC(C)(C)C1. The van der Waals surface area contributed by atoms with Crippen LogP contribution in [-0.2, 0) is 19.1 Å². The highest BCUT2D eigenvalue weighted by Gasteiger charge is 2.34. The summed E-state index contributed by atoms with van der Waals surface area (Å²) < 4.78 is 10.1. The van der Waals surface area contributed by atoms with Crippen LogP contribution >= 0.6 is 0 Å². The van der Waals surface area contributed by atoms with E-state index in [1.807, 2.05) is 6.92 Å². The number of hydrogen-bond acceptors (Lipinski definition) is 4. The molecule has 0 bridgehead atoms. The number of carbonyl (C=O) groups excluding carboxylic acids is 2. The quantitative estimate of drug-likeness (QED) is 0.554. The van der Waals surface area contributed by atoms with Gasteiger partial charge in [-0.2, -0.15) is 0 Å². The molecule has 0 unspecified atom stereocenters. The largest absolute Gasteiger partial charge is 0.462 e. The maximum absolute atomic E-state index is 12.0. The van der Waals surface area contributed by atoms with E-state index in [-0.39, 0.29) is 31.1 Å². The Morgan fingerprint density at radius 1 is 1.25 bits per heavy atom. The summed E-state index contributed by atoms with van der Waals surface area (Å²) in [4.78, 5) is 23.0. The molecule has 20 heavy (non-hydrogen) atoms. The number of hydrogen-bond donors (Lipinski definition) is 0. The smallest absolute Gasteiger partial charge is 0.309 e. The van der Waals surface area contributed by atoms with Crippen molar-refractivity contribution in [3.05, 3.63) is 0 Å². The van der Waals surface area contributed by atoms with Gasteiger partial charge in [-0.05, 0) is 30.6 Å². The predicted molar refractivity (Wildman–Crippen MR) is 77.1 cm³/mol. The first-order chi connectivity index (χ1) is 9.35. The van der Waals surface area contributed by atoms with E-state index in [4.69, 9.17) is 9.47 Å². The summed E-state index contributed by atoms with van der Waals surface area (Å²) in [6.45, 7) is 8.53. The Morgan fingerprint density at radius 2 is 1.90 bits per heavy atom. The van der Waals surface area contributed by atoms with Crippen LogP contribution in [0.1, 0.15) is 59.8 Å². The number of carbonyl (C=O) groups is 2. The zero-order valence-electron chi connectivity index (χ0n) is 13.2. The Hall–Kier alpha value is -1.06. The van der Waals surface area contributed by atoms with Crippen LogP contribution in [0.25, 0.3) is 0 Å². The lowest BCUT2D eigenvalue weighted by Gasteiger charge is -2.37. The second-order valence-corrected chi connectivity index (χ2v) is 6.55. The Balaban J connectivity index is 2.30. The molecule has 0 aromatic carbocycles. The van der Waals surface area contributed by atoms with Crippen molar-refractivity contribution in [1.82, 2.24) is 0 Å². The molecule has 116 valence electrons. The molecule has 0 saturated heterocycles. The highest BCUT2D eigenvalue weighted by atomic mass is 16.6. The van der Waals surface area contributed by atoms with Crippen molar-refractivity contribution in [2.75, 3.05) is 13.2 Å². The average Bonchev–Trinajstić information content (AvgIpc) is 2.41. The second-order valence-electron chi connectivity index (χ2n) is 6.55. The third-order valence-corrected chi connectivity index (χ3v) is 4.20. The van der Waals surface area contributed by atoms with Crippen LogP contribution in [0.5, 0.6) is 0 Å². The number of ether oxygens (including phenoxy) is 2. The molecule has 0 aliphatic heterocycles. The van der Waals surface area contributed by atoms with E-state index in [0.717, 1.165) is 12.8 Å². The summed E-state index contributed by atoms with van der Waals surface area (Å²) >= 11 is 0. The van der Waals surface area contributed by atoms with Crippen LogP contribution in [0, 0.1) is 17.3 Å².